The van der Waals surface area contributed by atoms with E-state index in [1.54, 1.807) is 6.07 Å². The predicted octanol–water partition coefficient (Wildman–Crippen LogP) is 2.27. The second kappa shape index (κ2) is 5.53. The molecule has 0 unspecified atom stereocenters. The number of benzene rings is 2. The van der Waals surface area contributed by atoms with Crippen LogP contribution in [0.1, 0.15) is 16.1 Å². The van der Waals surface area contributed by atoms with E-state index in [4.69, 9.17) is 4.43 Å². The van der Waals surface area contributed by atoms with Crippen molar-refractivity contribution in [3.8, 4) is 0 Å². The maximum Gasteiger partial charge on any atom is 0.341 e. The van der Waals surface area contributed by atoms with Crippen molar-refractivity contribution in [1.82, 2.24) is 4.57 Å². The van der Waals surface area contributed by atoms with Crippen molar-refractivity contribution >= 4 is 27.4 Å². The third-order valence-electron chi connectivity index (χ3n) is 3.43. The predicted molar refractivity (Wildman–Crippen MR) is 82.8 cm³/mol. The van der Waals surface area contributed by atoms with E-state index in [1.807, 2.05) is 41.0 Å². The molecule has 21 heavy (non-hydrogen) atoms. The molecule has 5 heteroatoms. The average molecular weight is 299 g/mol. The highest BCUT2D eigenvalue weighted by Crippen LogP contribution is 2.22. The highest BCUT2D eigenvalue weighted by molar-refractivity contribution is 6.10. The number of nitrogens with zero attached hydrogens (tertiary/aromatic N) is 1. The highest BCUT2D eigenvalue weighted by Gasteiger charge is 2.15. The van der Waals surface area contributed by atoms with Gasteiger partial charge < -0.3 is 8.99 Å². The van der Waals surface area contributed by atoms with E-state index < -0.39 is 0 Å². The Kier molecular flexibility index (Phi) is 3.58. The Morgan fingerprint density at radius 2 is 1.95 bits per heavy atom. The van der Waals surface area contributed by atoms with Gasteiger partial charge in [0.1, 0.15) is 11.5 Å². The van der Waals surface area contributed by atoms with Gasteiger partial charge in [-0.05, 0) is 29.8 Å². The molecule has 0 bridgehead atoms. The molecular formula is C16H14FNO2Si. The van der Waals surface area contributed by atoms with Crippen LogP contribution < -0.4 is 0 Å². The van der Waals surface area contributed by atoms with Crippen LogP contribution in [0.5, 0.6) is 0 Å². The monoisotopic (exact) mass is 299 g/mol. The summed E-state index contributed by atoms with van der Waals surface area (Å²) in [6.45, 7) is 0.428. The maximum atomic E-state index is 13.3. The van der Waals surface area contributed by atoms with Crippen molar-refractivity contribution in [2.45, 2.75) is 6.54 Å². The number of carbonyl (C=O) groups is 1. The fraction of sp³-hybridized carbons (Fsp3) is 0.0625. The molecule has 106 valence electrons. The highest BCUT2D eigenvalue weighted by atomic mass is 28.2. The fourth-order valence-electron chi connectivity index (χ4n) is 2.47. The van der Waals surface area contributed by atoms with Gasteiger partial charge in [0.2, 0.25) is 10.5 Å². The van der Waals surface area contributed by atoms with Crippen molar-refractivity contribution in [1.29, 1.82) is 0 Å². The largest absolute Gasteiger partial charge is 0.524 e. The lowest BCUT2D eigenvalue weighted by molar-refractivity contribution is 0.0739. The first-order valence-corrected chi connectivity index (χ1v) is 7.42. The zero-order valence-corrected chi connectivity index (χ0v) is 13.5. The lowest BCUT2D eigenvalue weighted by Gasteiger charge is -2.10. The Morgan fingerprint density at radius 1 is 1.14 bits per heavy atom. The number of hydrogen-bond acceptors (Lipinski definition) is 2. The SMILES string of the molecule is O=C(O[SiH3])c1cc2ccccc2n1Cc1cccc(F)c1. The van der Waals surface area contributed by atoms with Crippen LogP contribution in [0.3, 0.4) is 0 Å². The zero-order chi connectivity index (χ0) is 14.8. The van der Waals surface area contributed by atoms with E-state index >= 15 is 0 Å². The molecule has 3 rings (SSSR count). The van der Waals surface area contributed by atoms with Crippen molar-refractivity contribution in [3.63, 3.8) is 0 Å². The molecule has 0 amide bonds. The van der Waals surface area contributed by atoms with E-state index in [1.165, 1.54) is 12.1 Å². The Labute approximate surface area is 124 Å². The second-order valence-corrected chi connectivity index (χ2v) is 5.20. The van der Waals surface area contributed by atoms with E-state index in [0.717, 1.165) is 16.5 Å². The second-order valence-electron chi connectivity index (χ2n) is 4.80. The molecule has 3 aromatic rings. The van der Waals surface area contributed by atoms with Crippen LogP contribution >= 0.6 is 0 Å². The van der Waals surface area contributed by atoms with Gasteiger partial charge in [0.05, 0.1) is 0 Å². The topological polar surface area (TPSA) is 31.2 Å². The number of halogens is 1. The molecular weight excluding hydrogens is 285 g/mol. The third-order valence-corrected chi connectivity index (χ3v) is 3.81. The average Bonchev–Trinajstić information content (AvgIpc) is 2.85. The molecule has 0 spiro atoms. The Morgan fingerprint density at radius 3 is 2.71 bits per heavy atom. The molecule has 1 aromatic heterocycles. The summed E-state index contributed by atoms with van der Waals surface area (Å²) in [5.41, 5.74) is 2.23. The molecule has 0 saturated carbocycles. The summed E-state index contributed by atoms with van der Waals surface area (Å²) in [7, 11) is 0.344. The number of rotatable bonds is 3. The molecule has 0 aliphatic carbocycles. The van der Waals surface area contributed by atoms with Crippen LogP contribution in [-0.4, -0.2) is 21.0 Å². The fourth-order valence-corrected chi connectivity index (χ4v) is 2.68. The first-order valence-electron chi connectivity index (χ1n) is 6.60. The van der Waals surface area contributed by atoms with E-state index in [9.17, 15) is 9.18 Å². The quantitative estimate of drug-likeness (QED) is 0.695. The van der Waals surface area contributed by atoms with Crippen LogP contribution in [0.15, 0.2) is 54.6 Å². The smallest absolute Gasteiger partial charge is 0.341 e. The summed E-state index contributed by atoms with van der Waals surface area (Å²) < 4.78 is 20.2. The molecule has 0 fully saturated rings. The van der Waals surface area contributed by atoms with Crippen molar-refractivity contribution in [3.05, 3.63) is 71.7 Å². The molecule has 0 radical (unpaired) electrons. The summed E-state index contributed by atoms with van der Waals surface area (Å²) in [4.78, 5) is 12.0. The van der Waals surface area contributed by atoms with Crippen LogP contribution in [0, 0.1) is 5.82 Å². The minimum absolute atomic E-state index is 0.281. The lowest BCUT2D eigenvalue weighted by atomic mass is 10.2. The molecule has 0 atom stereocenters. The van der Waals surface area contributed by atoms with Gasteiger partial charge in [0.25, 0.3) is 0 Å². The minimum atomic E-state index is -0.339. The molecule has 2 aromatic carbocycles. The van der Waals surface area contributed by atoms with Gasteiger partial charge in [-0.25, -0.2) is 9.18 Å². The van der Waals surface area contributed by atoms with Crippen molar-refractivity contribution in [2.24, 2.45) is 0 Å². The number of fused-ring (bicyclic) bond motifs is 1. The standard InChI is InChI=1S/C16H14FNO2Si/c17-13-6-3-4-11(8-13)10-18-14-7-2-1-5-12(14)9-15(18)16(19)20-21/h1-9H,10H2,21H3. The normalized spacial score (nSPS) is 10.9. The van der Waals surface area contributed by atoms with Gasteiger partial charge in [-0.2, -0.15) is 0 Å². The first-order chi connectivity index (χ1) is 10.2. The molecule has 3 nitrogen and oxygen atoms in total. The Bertz CT molecular complexity index is 813. The summed E-state index contributed by atoms with van der Waals surface area (Å²) in [5.74, 6) is -0.620. The van der Waals surface area contributed by atoms with Gasteiger partial charge in [-0.15, -0.1) is 0 Å². The lowest BCUT2D eigenvalue weighted by Crippen LogP contribution is -2.11. The number of carbonyl (C=O) groups excluding carboxylic acids is 1. The summed E-state index contributed by atoms with van der Waals surface area (Å²) in [5, 5.41) is 0.968. The van der Waals surface area contributed by atoms with Gasteiger partial charge in [0, 0.05) is 17.4 Å². The zero-order valence-electron chi connectivity index (χ0n) is 11.5. The van der Waals surface area contributed by atoms with E-state index in [0.29, 0.717) is 22.7 Å². The van der Waals surface area contributed by atoms with Crippen LogP contribution in [-0.2, 0) is 11.0 Å². The Hall–Kier alpha value is -2.40. The van der Waals surface area contributed by atoms with Crippen LogP contribution in [0.2, 0.25) is 0 Å². The molecule has 0 N–H and O–H groups in total. The summed E-state index contributed by atoms with van der Waals surface area (Å²) >= 11 is 0. The van der Waals surface area contributed by atoms with Gasteiger partial charge >= 0.3 is 5.97 Å². The van der Waals surface area contributed by atoms with Crippen LogP contribution in [0.4, 0.5) is 4.39 Å². The third kappa shape index (κ3) is 2.60. The van der Waals surface area contributed by atoms with Gasteiger partial charge in [-0.1, -0.05) is 30.3 Å². The molecule has 0 aliphatic heterocycles. The van der Waals surface area contributed by atoms with E-state index in [-0.39, 0.29) is 11.8 Å². The summed E-state index contributed by atoms with van der Waals surface area (Å²) in [6, 6.07) is 15.9. The van der Waals surface area contributed by atoms with Crippen molar-refractivity contribution in [2.75, 3.05) is 0 Å². The van der Waals surface area contributed by atoms with Gasteiger partial charge in [-0.3, -0.25) is 0 Å². The molecule has 0 saturated heterocycles. The maximum absolute atomic E-state index is 13.3. The van der Waals surface area contributed by atoms with E-state index in [2.05, 4.69) is 0 Å². The number of para-hydroxylation sites is 1. The van der Waals surface area contributed by atoms with Gasteiger partial charge in [0.15, 0.2) is 0 Å². The molecule has 1 heterocycles. The van der Waals surface area contributed by atoms with Crippen LogP contribution in [0.25, 0.3) is 10.9 Å². The number of hydrogen-bond donors (Lipinski definition) is 0. The Balaban J connectivity index is 2.13. The first kappa shape index (κ1) is 13.6. The van der Waals surface area contributed by atoms with Crippen molar-refractivity contribution < 1.29 is 13.6 Å². The summed E-state index contributed by atoms with van der Waals surface area (Å²) in [6.07, 6.45) is 0. The number of aromatic nitrogens is 1. The molecule has 0 aliphatic rings. The minimum Gasteiger partial charge on any atom is -0.524 e.